The van der Waals surface area contributed by atoms with E-state index >= 15 is 0 Å². The third-order valence-corrected chi connectivity index (χ3v) is 1.56. The van der Waals surface area contributed by atoms with E-state index in [9.17, 15) is 9.59 Å². The molecule has 0 amide bonds. The summed E-state index contributed by atoms with van der Waals surface area (Å²) in [6.45, 7) is 9.69. The van der Waals surface area contributed by atoms with Crippen LogP contribution in [0.2, 0.25) is 0 Å². The lowest BCUT2D eigenvalue weighted by molar-refractivity contribution is -0.138. The molecule has 15 heavy (non-hydrogen) atoms. The van der Waals surface area contributed by atoms with Crippen LogP contribution < -0.4 is 0 Å². The quantitative estimate of drug-likeness (QED) is 0.679. The molecule has 0 rings (SSSR count). The van der Waals surface area contributed by atoms with Gasteiger partial charge in [-0.3, -0.25) is 9.59 Å². The Hall–Kier alpha value is -0.860. The molecule has 0 spiro atoms. The fourth-order valence-corrected chi connectivity index (χ4v) is 0.994. The molecule has 0 atom stereocenters. The van der Waals surface area contributed by atoms with E-state index in [0.717, 1.165) is 12.8 Å². The standard InChI is InChI=1S/C9H18O.C3H6O2/c1-7(2)5-9(10)6-8(3)4;1-3(4)5-2/h7-8H,5-6H2,1-4H3;1-2H3. The van der Waals surface area contributed by atoms with Crippen molar-refractivity contribution < 1.29 is 14.3 Å². The van der Waals surface area contributed by atoms with E-state index in [4.69, 9.17) is 0 Å². The summed E-state index contributed by atoms with van der Waals surface area (Å²) < 4.78 is 4.11. The molecule has 90 valence electrons. The third kappa shape index (κ3) is 19.5. The Labute approximate surface area is 93.2 Å². The largest absolute Gasteiger partial charge is 0.469 e. The van der Waals surface area contributed by atoms with Crippen molar-refractivity contribution in [3.05, 3.63) is 0 Å². The number of rotatable bonds is 4. The molecule has 3 heteroatoms. The van der Waals surface area contributed by atoms with Gasteiger partial charge >= 0.3 is 5.97 Å². The average molecular weight is 216 g/mol. The minimum Gasteiger partial charge on any atom is -0.469 e. The first-order chi connectivity index (χ1) is 6.79. The summed E-state index contributed by atoms with van der Waals surface area (Å²) in [5.74, 6) is 1.20. The van der Waals surface area contributed by atoms with Crippen LogP contribution in [0.1, 0.15) is 47.5 Å². The van der Waals surface area contributed by atoms with Gasteiger partial charge in [0.2, 0.25) is 0 Å². The van der Waals surface area contributed by atoms with E-state index in [1.165, 1.54) is 14.0 Å². The van der Waals surface area contributed by atoms with Gasteiger partial charge in [0, 0.05) is 19.8 Å². The fourth-order valence-electron chi connectivity index (χ4n) is 0.994. The van der Waals surface area contributed by atoms with Gasteiger partial charge in [0.25, 0.3) is 0 Å². The van der Waals surface area contributed by atoms with Crippen molar-refractivity contribution in [2.75, 3.05) is 7.11 Å². The Bertz CT molecular complexity index is 171. The van der Waals surface area contributed by atoms with Crippen LogP contribution in [0.5, 0.6) is 0 Å². The highest BCUT2D eigenvalue weighted by Crippen LogP contribution is 2.07. The lowest BCUT2D eigenvalue weighted by Gasteiger charge is -2.05. The lowest BCUT2D eigenvalue weighted by atomic mass is 10.00. The molecule has 3 nitrogen and oxygen atoms in total. The van der Waals surface area contributed by atoms with Crippen LogP contribution >= 0.6 is 0 Å². The Kier molecular flexibility index (Phi) is 10.7. The molecular weight excluding hydrogens is 192 g/mol. The van der Waals surface area contributed by atoms with E-state index in [-0.39, 0.29) is 5.97 Å². The highest BCUT2D eigenvalue weighted by molar-refractivity contribution is 5.78. The van der Waals surface area contributed by atoms with Gasteiger partial charge in [0.05, 0.1) is 7.11 Å². The normalized spacial score (nSPS) is 9.60. The molecule has 0 bridgehead atoms. The van der Waals surface area contributed by atoms with Gasteiger partial charge in [-0.2, -0.15) is 0 Å². The first-order valence-corrected chi connectivity index (χ1v) is 5.35. The molecule has 0 aromatic rings. The van der Waals surface area contributed by atoms with E-state index in [0.29, 0.717) is 17.6 Å². The number of methoxy groups -OCH3 is 1. The monoisotopic (exact) mass is 216 g/mol. The number of esters is 1. The van der Waals surface area contributed by atoms with Gasteiger partial charge in [0.15, 0.2) is 0 Å². The summed E-state index contributed by atoms with van der Waals surface area (Å²) in [7, 11) is 1.35. The summed E-state index contributed by atoms with van der Waals surface area (Å²) in [5, 5.41) is 0. The minimum absolute atomic E-state index is 0.245. The molecular formula is C12H24O3. The number of hydrogen-bond donors (Lipinski definition) is 0. The first kappa shape index (κ1) is 16.6. The number of hydrogen-bond acceptors (Lipinski definition) is 3. The molecule has 0 fully saturated rings. The SMILES string of the molecule is CC(C)CC(=O)CC(C)C.COC(C)=O. The number of carbonyl (C=O) groups is 2. The van der Waals surface area contributed by atoms with E-state index in [1.807, 2.05) is 0 Å². The summed E-state index contributed by atoms with van der Waals surface area (Å²) in [4.78, 5) is 20.7. The van der Waals surface area contributed by atoms with Gasteiger partial charge in [-0.05, 0) is 11.8 Å². The predicted octanol–water partition coefficient (Wildman–Crippen LogP) is 2.83. The highest BCUT2D eigenvalue weighted by atomic mass is 16.5. The van der Waals surface area contributed by atoms with E-state index in [2.05, 4.69) is 32.4 Å². The Balaban J connectivity index is 0. The number of Topliss-reactive ketones (excluding diaryl/α,β-unsaturated/α-hetero) is 1. The van der Waals surface area contributed by atoms with Crippen LogP contribution in [0.25, 0.3) is 0 Å². The zero-order valence-electron chi connectivity index (χ0n) is 10.8. The van der Waals surface area contributed by atoms with Crippen molar-refractivity contribution >= 4 is 11.8 Å². The maximum absolute atomic E-state index is 11.1. The molecule has 0 saturated heterocycles. The summed E-state index contributed by atoms with van der Waals surface area (Å²) in [6, 6.07) is 0. The van der Waals surface area contributed by atoms with Crippen LogP contribution in [0.4, 0.5) is 0 Å². The molecule has 0 aliphatic carbocycles. The summed E-state index contributed by atoms with van der Waals surface area (Å²) >= 11 is 0. The van der Waals surface area contributed by atoms with Crippen LogP contribution in [0, 0.1) is 11.8 Å². The van der Waals surface area contributed by atoms with Gasteiger partial charge in [0.1, 0.15) is 5.78 Å². The fraction of sp³-hybridized carbons (Fsp3) is 0.833. The molecule has 0 radical (unpaired) electrons. The second kappa shape index (κ2) is 9.69. The molecule has 0 aliphatic heterocycles. The van der Waals surface area contributed by atoms with Crippen LogP contribution in [0.15, 0.2) is 0 Å². The van der Waals surface area contributed by atoms with Crippen molar-refractivity contribution in [3.8, 4) is 0 Å². The van der Waals surface area contributed by atoms with Crippen LogP contribution in [-0.4, -0.2) is 18.9 Å². The summed E-state index contributed by atoms with van der Waals surface area (Å²) in [6.07, 6.45) is 1.50. The maximum atomic E-state index is 11.1. The molecule has 0 aliphatic rings. The van der Waals surface area contributed by atoms with E-state index in [1.54, 1.807) is 0 Å². The van der Waals surface area contributed by atoms with Gasteiger partial charge in [-0.15, -0.1) is 0 Å². The maximum Gasteiger partial charge on any atom is 0.302 e. The highest BCUT2D eigenvalue weighted by Gasteiger charge is 2.06. The molecule has 0 saturated carbocycles. The first-order valence-electron chi connectivity index (χ1n) is 5.35. The second-order valence-corrected chi connectivity index (χ2v) is 4.43. The lowest BCUT2D eigenvalue weighted by Crippen LogP contribution is -2.05. The number of ketones is 1. The molecule has 0 heterocycles. The van der Waals surface area contributed by atoms with Gasteiger partial charge < -0.3 is 4.74 Å². The zero-order chi connectivity index (χ0) is 12.4. The Morgan fingerprint density at radius 1 is 1.00 bits per heavy atom. The Morgan fingerprint density at radius 2 is 1.27 bits per heavy atom. The van der Waals surface area contributed by atoms with Crippen molar-refractivity contribution in [1.29, 1.82) is 0 Å². The van der Waals surface area contributed by atoms with E-state index < -0.39 is 0 Å². The molecule has 0 aromatic carbocycles. The molecule has 0 N–H and O–H groups in total. The topological polar surface area (TPSA) is 43.4 Å². The average Bonchev–Trinajstić information content (AvgIpc) is 2.01. The second-order valence-electron chi connectivity index (χ2n) is 4.43. The van der Waals surface area contributed by atoms with Gasteiger partial charge in [-0.1, -0.05) is 27.7 Å². The number of carbonyl (C=O) groups excluding carboxylic acids is 2. The van der Waals surface area contributed by atoms with Crippen molar-refractivity contribution in [2.24, 2.45) is 11.8 Å². The van der Waals surface area contributed by atoms with Gasteiger partial charge in [-0.25, -0.2) is 0 Å². The van der Waals surface area contributed by atoms with Crippen molar-refractivity contribution in [2.45, 2.75) is 47.5 Å². The number of ether oxygens (including phenoxy) is 1. The van der Waals surface area contributed by atoms with Crippen LogP contribution in [-0.2, 0) is 14.3 Å². The smallest absolute Gasteiger partial charge is 0.302 e. The van der Waals surface area contributed by atoms with Crippen molar-refractivity contribution in [1.82, 2.24) is 0 Å². The predicted molar refractivity (Wildman–Crippen MR) is 61.6 cm³/mol. The Morgan fingerprint density at radius 3 is 1.40 bits per heavy atom. The molecule has 0 unspecified atom stereocenters. The van der Waals surface area contributed by atoms with Crippen molar-refractivity contribution in [3.63, 3.8) is 0 Å². The van der Waals surface area contributed by atoms with Crippen LogP contribution in [0.3, 0.4) is 0 Å². The zero-order valence-corrected chi connectivity index (χ0v) is 10.8. The third-order valence-electron chi connectivity index (χ3n) is 1.56. The summed E-state index contributed by atoms with van der Waals surface area (Å²) in [5.41, 5.74) is 0. The minimum atomic E-state index is -0.245. The molecule has 0 aromatic heterocycles.